The molecule has 4 rings (SSSR count). The van der Waals surface area contributed by atoms with Crippen LogP contribution in [0.15, 0.2) is 65.6 Å². The van der Waals surface area contributed by atoms with Gasteiger partial charge in [-0.3, -0.25) is 9.52 Å². The predicted octanol–water partition coefficient (Wildman–Crippen LogP) is 4.51. The van der Waals surface area contributed by atoms with Crippen LogP contribution in [0.4, 0.5) is 15.8 Å². The lowest BCUT2D eigenvalue weighted by molar-refractivity contribution is 0.0747. The Bertz CT molecular complexity index is 1330. The van der Waals surface area contributed by atoms with E-state index in [2.05, 4.69) is 35.6 Å². The molecule has 34 heavy (non-hydrogen) atoms. The van der Waals surface area contributed by atoms with Crippen molar-refractivity contribution in [2.75, 3.05) is 35.8 Å². The lowest BCUT2D eigenvalue weighted by atomic mass is 10.1. The normalized spacial score (nSPS) is 14.2. The maximum Gasteiger partial charge on any atom is 0.261 e. The maximum absolute atomic E-state index is 13.9. The van der Waals surface area contributed by atoms with Gasteiger partial charge in [0.25, 0.3) is 15.9 Å². The van der Waals surface area contributed by atoms with Crippen LogP contribution in [0.25, 0.3) is 0 Å². The first kappa shape index (κ1) is 23.8. The van der Waals surface area contributed by atoms with Gasteiger partial charge in [0, 0.05) is 43.1 Å². The summed E-state index contributed by atoms with van der Waals surface area (Å²) in [6, 6.07) is 16.4. The van der Waals surface area contributed by atoms with Crippen molar-refractivity contribution < 1.29 is 17.6 Å². The molecule has 0 bridgehead atoms. The van der Waals surface area contributed by atoms with Crippen LogP contribution in [-0.2, 0) is 10.0 Å². The third kappa shape index (κ3) is 4.92. The molecule has 0 atom stereocenters. The van der Waals surface area contributed by atoms with Gasteiger partial charge in [0.15, 0.2) is 0 Å². The zero-order valence-electron chi connectivity index (χ0n) is 19.5. The number of rotatable bonds is 5. The van der Waals surface area contributed by atoms with Crippen molar-refractivity contribution in [3.05, 3.63) is 88.7 Å². The maximum atomic E-state index is 13.9. The summed E-state index contributed by atoms with van der Waals surface area (Å²) >= 11 is 0. The van der Waals surface area contributed by atoms with E-state index in [-0.39, 0.29) is 16.5 Å². The molecule has 3 aromatic carbocycles. The van der Waals surface area contributed by atoms with Crippen molar-refractivity contribution in [1.82, 2.24) is 4.90 Å². The summed E-state index contributed by atoms with van der Waals surface area (Å²) in [6.07, 6.45) is 0. The van der Waals surface area contributed by atoms with Gasteiger partial charge in [-0.05, 0) is 73.9 Å². The molecule has 3 aromatic rings. The number of benzene rings is 3. The second kappa shape index (κ2) is 9.46. The summed E-state index contributed by atoms with van der Waals surface area (Å²) in [6.45, 7) is 8.36. The van der Waals surface area contributed by atoms with Crippen LogP contribution in [0, 0.1) is 26.6 Å². The molecular weight excluding hydrogens is 453 g/mol. The number of nitrogens with one attached hydrogen (secondary N) is 1. The number of amides is 1. The number of halogens is 1. The van der Waals surface area contributed by atoms with Crippen molar-refractivity contribution >= 4 is 27.3 Å². The van der Waals surface area contributed by atoms with Gasteiger partial charge in [0.05, 0.1) is 4.90 Å². The topological polar surface area (TPSA) is 69.7 Å². The number of piperazine rings is 1. The van der Waals surface area contributed by atoms with Crippen LogP contribution < -0.4 is 9.62 Å². The molecular formula is C26H28FN3O3S. The Labute approximate surface area is 200 Å². The molecule has 6 nitrogen and oxygen atoms in total. The molecule has 1 fully saturated rings. The SMILES string of the molecule is Cc1ccc(S(=O)(=O)Nc2cccc(C(=O)N3CCN(c4cccc(C)c4C)CC3)c2)cc1F. The number of carbonyl (C=O) groups is 1. The van der Waals surface area contributed by atoms with E-state index < -0.39 is 15.8 Å². The van der Waals surface area contributed by atoms with Gasteiger partial charge in [0.2, 0.25) is 0 Å². The van der Waals surface area contributed by atoms with Crippen molar-refractivity contribution in [3.63, 3.8) is 0 Å². The minimum atomic E-state index is -3.99. The summed E-state index contributed by atoms with van der Waals surface area (Å²) in [7, 11) is -3.99. The number of aryl methyl sites for hydroxylation is 2. The zero-order chi connectivity index (χ0) is 24.5. The van der Waals surface area contributed by atoms with E-state index in [1.54, 1.807) is 30.0 Å². The second-order valence-electron chi connectivity index (χ2n) is 8.60. The van der Waals surface area contributed by atoms with Crippen LogP contribution >= 0.6 is 0 Å². The fourth-order valence-electron chi connectivity index (χ4n) is 4.08. The lowest BCUT2D eigenvalue weighted by Crippen LogP contribution is -2.49. The fourth-order valence-corrected chi connectivity index (χ4v) is 5.14. The van der Waals surface area contributed by atoms with E-state index >= 15 is 0 Å². The highest BCUT2D eigenvalue weighted by atomic mass is 32.2. The smallest absolute Gasteiger partial charge is 0.261 e. The van der Waals surface area contributed by atoms with Gasteiger partial charge >= 0.3 is 0 Å². The van der Waals surface area contributed by atoms with Crippen molar-refractivity contribution in [1.29, 1.82) is 0 Å². The summed E-state index contributed by atoms with van der Waals surface area (Å²) < 4.78 is 41.7. The number of sulfonamides is 1. The number of hydrogen-bond donors (Lipinski definition) is 1. The summed E-state index contributed by atoms with van der Waals surface area (Å²) in [5.41, 5.74) is 4.69. The molecule has 0 saturated carbocycles. The molecule has 0 aromatic heterocycles. The molecule has 0 spiro atoms. The Morgan fingerprint density at radius 1 is 0.882 bits per heavy atom. The van der Waals surface area contributed by atoms with Gasteiger partial charge in [-0.1, -0.05) is 24.3 Å². The second-order valence-corrected chi connectivity index (χ2v) is 10.3. The molecule has 0 radical (unpaired) electrons. The molecule has 1 aliphatic rings. The van der Waals surface area contributed by atoms with Gasteiger partial charge in [0.1, 0.15) is 5.82 Å². The molecule has 0 aliphatic carbocycles. The zero-order valence-corrected chi connectivity index (χ0v) is 20.3. The molecule has 1 aliphatic heterocycles. The monoisotopic (exact) mass is 481 g/mol. The highest BCUT2D eigenvalue weighted by molar-refractivity contribution is 7.92. The Balaban J connectivity index is 1.45. The van der Waals surface area contributed by atoms with E-state index in [1.807, 2.05) is 6.07 Å². The largest absolute Gasteiger partial charge is 0.368 e. The first-order valence-electron chi connectivity index (χ1n) is 11.2. The molecule has 1 amide bonds. The Kier molecular flexibility index (Phi) is 6.61. The minimum Gasteiger partial charge on any atom is -0.368 e. The highest BCUT2D eigenvalue weighted by Gasteiger charge is 2.24. The molecule has 0 unspecified atom stereocenters. The van der Waals surface area contributed by atoms with Crippen LogP contribution in [0.5, 0.6) is 0 Å². The quantitative estimate of drug-likeness (QED) is 0.582. The number of nitrogens with zero attached hydrogens (tertiary/aromatic N) is 2. The van der Waals surface area contributed by atoms with Crippen molar-refractivity contribution in [3.8, 4) is 0 Å². The molecule has 178 valence electrons. The van der Waals surface area contributed by atoms with Gasteiger partial charge in [-0.2, -0.15) is 0 Å². The van der Waals surface area contributed by atoms with Crippen LogP contribution in [-0.4, -0.2) is 45.4 Å². The van der Waals surface area contributed by atoms with Gasteiger partial charge in [-0.25, -0.2) is 12.8 Å². The van der Waals surface area contributed by atoms with Crippen LogP contribution in [0.1, 0.15) is 27.0 Å². The van der Waals surface area contributed by atoms with Crippen LogP contribution in [0.2, 0.25) is 0 Å². The summed E-state index contributed by atoms with van der Waals surface area (Å²) in [4.78, 5) is 17.0. The molecule has 1 heterocycles. The first-order chi connectivity index (χ1) is 16.2. The van der Waals surface area contributed by atoms with Crippen molar-refractivity contribution in [2.45, 2.75) is 25.7 Å². The Hall–Kier alpha value is -3.39. The van der Waals surface area contributed by atoms with Gasteiger partial charge < -0.3 is 9.80 Å². The standard InChI is InChI=1S/C26H28FN3O3S/c1-18-6-4-9-25(20(18)3)29-12-14-30(15-13-29)26(31)21-7-5-8-22(16-21)28-34(32,33)23-11-10-19(2)24(27)17-23/h4-11,16-17,28H,12-15H2,1-3H3. The third-order valence-electron chi connectivity index (χ3n) is 6.30. The number of hydrogen-bond acceptors (Lipinski definition) is 4. The fraction of sp³-hybridized carbons (Fsp3) is 0.269. The average molecular weight is 482 g/mol. The van der Waals surface area contributed by atoms with E-state index in [0.29, 0.717) is 24.2 Å². The minimum absolute atomic E-state index is 0.150. The van der Waals surface area contributed by atoms with E-state index in [9.17, 15) is 17.6 Å². The van der Waals surface area contributed by atoms with Gasteiger partial charge in [-0.15, -0.1) is 0 Å². The van der Waals surface area contributed by atoms with Crippen LogP contribution in [0.3, 0.4) is 0 Å². The molecule has 1 saturated heterocycles. The Morgan fingerprint density at radius 2 is 1.59 bits per heavy atom. The van der Waals surface area contributed by atoms with E-state index in [0.717, 1.165) is 19.2 Å². The third-order valence-corrected chi connectivity index (χ3v) is 7.68. The predicted molar refractivity (Wildman–Crippen MR) is 132 cm³/mol. The summed E-state index contributed by atoms with van der Waals surface area (Å²) in [5, 5.41) is 0. The first-order valence-corrected chi connectivity index (χ1v) is 12.6. The summed E-state index contributed by atoms with van der Waals surface area (Å²) in [5.74, 6) is -0.741. The number of anilines is 2. The molecule has 1 N–H and O–H groups in total. The molecule has 8 heteroatoms. The van der Waals surface area contributed by atoms with E-state index in [1.165, 1.54) is 35.0 Å². The van der Waals surface area contributed by atoms with E-state index in [4.69, 9.17) is 0 Å². The average Bonchev–Trinajstić information content (AvgIpc) is 2.82. The van der Waals surface area contributed by atoms with Crippen molar-refractivity contribution in [2.24, 2.45) is 0 Å². The Morgan fingerprint density at radius 3 is 2.29 bits per heavy atom. The lowest BCUT2D eigenvalue weighted by Gasteiger charge is -2.37. The number of carbonyl (C=O) groups excluding carboxylic acids is 1. The highest BCUT2D eigenvalue weighted by Crippen LogP contribution is 2.25.